The van der Waals surface area contributed by atoms with Crippen molar-refractivity contribution in [1.82, 2.24) is 15.1 Å². The fourth-order valence-corrected chi connectivity index (χ4v) is 4.04. The number of hydrogen-bond acceptors (Lipinski definition) is 6. The smallest absolute Gasteiger partial charge is 0.233 e. The van der Waals surface area contributed by atoms with E-state index in [1.165, 1.54) is 28.7 Å². The molecule has 2 aromatic carbocycles. The maximum atomic E-state index is 12.8. The van der Waals surface area contributed by atoms with Gasteiger partial charge in [-0.2, -0.15) is 0 Å². The van der Waals surface area contributed by atoms with Crippen molar-refractivity contribution in [1.29, 1.82) is 0 Å². The SMILES string of the molecule is Nc1nnc(SCC(=O)N(CCc2ccccc2)Cc2ccccc2)s1. The molecular weight excluding hydrogens is 364 g/mol. The predicted octanol–water partition coefficient (Wildman–Crippen LogP) is 3.48. The van der Waals surface area contributed by atoms with Gasteiger partial charge < -0.3 is 10.6 Å². The Bertz CT molecular complexity index is 824. The third-order valence-electron chi connectivity index (χ3n) is 3.82. The summed E-state index contributed by atoms with van der Waals surface area (Å²) in [7, 11) is 0. The zero-order chi connectivity index (χ0) is 18.2. The van der Waals surface area contributed by atoms with Gasteiger partial charge in [-0.15, -0.1) is 10.2 Å². The van der Waals surface area contributed by atoms with Crippen molar-refractivity contribution in [2.24, 2.45) is 0 Å². The van der Waals surface area contributed by atoms with E-state index in [4.69, 9.17) is 5.73 Å². The van der Waals surface area contributed by atoms with Crippen LogP contribution in [0.4, 0.5) is 5.13 Å². The number of nitrogens with zero attached hydrogens (tertiary/aromatic N) is 3. The molecule has 0 aliphatic heterocycles. The Morgan fingerprint density at radius 2 is 1.65 bits per heavy atom. The van der Waals surface area contributed by atoms with Crippen molar-refractivity contribution in [3.63, 3.8) is 0 Å². The van der Waals surface area contributed by atoms with Crippen LogP contribution in [0.3, 0.4) is 0 Å². The number of rotatable bonds is 8. The molecule has 0 aliphatic rings. The minimum Gasteiger partial charge on any atom is -0.374 e. The summed E-state index contributed by atoms with van der Waals surface area (Å²) in [5, 5.41) is 8.17. The molecule has 0 atom stereocenters. The van der Waals surface area contributed by atoms with E-state index in [-0.39, 0.29) is 5.91 Å². The van der Waals surface area contributed by atoms with Gasteiger partial charge in [0.1, 0.15) is 0 Å². The molecule has 0 spiro atoms. The highest BCUT2D eigenvalue weighted by atomic mass is 32.2. The summed E-state index contributed by atoms with van der Waals surface area (Å²) >= 11 is 2.69. The number of carbonyl (C=O) groups excluding carboxylic acids is 1. The number of amides is 1. The van der Waals surface area contributed by atoms with Crippen molar-refractivity contribution >= 4 is 34.1 Å². The van der Waals surface area contributed by atoms with E-state index in [0.29, 0.717) is 24.0 Å². The van der Waals surface area contributed by atoms with Crippen LogP contribution >= 0.6 is 23.1 Å². The lowest BCUT2D eigenvalue weighted by atomic mass is 10.1. The largest absolute Gasteiger partial charge is 0.374 e. The van der Waals surface area contributed by atoms with Crippen molar-refractivity contribution in [2.75, 3.05) is 18.0 Å². The molecule has 26 heavy (non-hydrogen) atoms. The molecule has 0 radical (unpaired) electrons. The van der Waals surface area contributed by atoms with Crippen LogP contribution in [-0.4, -0.2) is 33.3 Å². The number of nitrogen functional groups attached to an aromatic ring is 1. The summed E-state index contributed by atoms with van der Waals surface area (Å²) in [5.74, 6) is 0.416. The van der Waals surface area contributed by atoms with Gasteiger partial charge >= 0.3 is 0 Å². The molecule has 3 rings (SSSR count). The predicted molar refractivity (Wildman–Crippen MR) is 107 cm³/mol. The number of thioether (sulfide) groups is 1. The second kappa shape index (κ2) is 9.35. The van der Waals surface area contributed by atoms with Crippen LogP contribution in [0.25, 0.3) is 0 Å². The van der Waals surface area contributed by atoms with Crippen LogP contribution in [0.2, 0.25) is 0 Å². The normalized spacial score (nSPS) is 10.6. The molecule has 0 saturated carbocycles. The highest BCUT2D eigenvalue weighted by molar-refractivity contribution is 8.01. The molecule has 0 aliphatic carbocycles. The summed E-state index contributed by atoms with van der Waals surface area (Å²) in [6.07, 6.45) is 0.829. The summed E-state index contributed by atoms with van der Waals surface area (Å²) in [5.41, 5.74) is 7.94. The second-order valence-corrected chi connectivity index (χ2v) is 7.96. The molecule has 0 bridgehead atoms. The maximum absolute atomic E-state index is 12.8. The zero-order valence-electron chi connectivity index (χ0n) is 14.2. The van der Waals surface area contributed by atoms with Crippen LogP contribution in [-0.2, 0) is 17.8 Å². The first kappa shape index (κ1) is 18.4. The van der Waals surface area contributed by atoms with Gasteiger partial charge in [-0.1, -0.05) is 83.8 Å². The molecule has 1 heterocycles. The van der Waals surface area contributed by atoms with Crippen LogP contribution in [0.1, 0.15) is 11.1 Å². The van der Waals surface area contributed by atoms with Crippen LogP contribution in [0.5, 0.6) is 0 Å². The Kier molecular flexibility index (Phi) is 6.62. The summed E-state index contributed by atoms with van der Waals surface area (Å²) in [4.78, 5) is 14.7. The zero-order valence-corrected chi connectivity index (χ0v) is 15.9. The van der Waals surface area contributed by atoms with Gasteiger partial charge in [0.2, 0.25) is 11.0 Å². The fraction of sp³-hybridized carbons (Fsp3) is 0.211. The number of benzene rings is 2. The Morgan fingerprint density at radius 3 is 2.27 bits per heavy atom. The molecule has 2 N–H and O–H groups in total. The van der Waals surface area contributed by atoms with Gasteiger partial charge in [-0.3, -0.25) is 4.79 Å². The summed E-state index contributed by atoms with van der Waals surface area (Å²) in [6.45, 7) is 1.28. The minimum atomic E-state index is 0.0866. The van der Waals surface area contributed by atoms with Crippen molar-refractivity contribution < 1.29 is 4.79 Å². The topological polar surface area (TPSA) is 72.1 Å². The molecule has 134 valence electrons. The van der Waals surface area contributed by atoms with E-state index in [1.54, 1.807) is 0 Å². The van der Waals surface area contributed by atoms with E-state index in [9.17, 15) is 4.79 Å². The molecule has 1 amide bonds. The van der Waals surface area contributed by atoms with Crippen LogP contribution in [0.15, 0.2) is 65.0 Å². The first-order valence-corrected chi connectivity index (χ1v) is 10.1. The van der Waals surface area contributed by atoms with Crippen molar-refractivity contribution in [3.05, 3.63) is 71.8 Å². The highest BCUT2D eigenvalue weighted by Crippen LogP contribution is 2.24. The fourth-order valence-electron chi connectivity index (χ4n) is 2.50. The molecule has 5 nitrogen and oxygen atoms in total. The quantitative estimate of drug-likeness (QED) is 0.602. The number of hydrogen-bond donors (Lipinski definition) is 1. The number of nitrogens with two attached hydrogens (primary N) is 1. The Balaban J connectivity index is 1.63. The maximum Gasteiger partial charge on any atom is 0.233 e. The lowest BCUT2D eigenvalue weighted by Crippen LogP contribution is -2.33. The van der Waals surface area contributed by atoms with Gasteiger partial charge in [0.15, 0.2) is 4.34 Å². The van der Waals surface area contributed by atoms with Crippen molar-refractivity contribution in [2.45, 2.75) is 17.3 Å². The highest BCUT2D eigenvalue weighted by Gasteiger charge is 2.15. The van der Waals surface area contributed by atoms with Gasteiger partial charge in [0.25, 0.3) is 0 Å². The van der Waals surface area contributed by atoms with Crippen LogP contribution < -0.4 is 5.73 Å². The first-order chi connectivity index (χ1) is 12.7. The summed E-state index contributed by atoms with van der Waals surface area (Å²) in [6, 6.07) is 20.3. The molecular formula is C19H20N4OS2. The van der Waals surface area contributed by atoms with Gasteiger partial charge in [-0.05, 0) is 17.5 Å². The number of carbonyl (C=O) groups is 1. The second-order valence-electron chi connectivity index (χ2n) is 5.73. The molecule has 0 unspecified atom stereocenters. The van der Waals surface area contributed by atoms with E-state index in [1.807, 2.05) is 53.4 Å². The first-order valence-electron chi connectivity index (χ1n) is 8.28. The molecule has 1 aromatic heterocycles. The average molecular weight is 385 g/mol. The number of aromatic nitrogens is 2. The molecule has 7 heteroatoms. The lowest BCUT2D eigenvalue weighted by molar-refractivity contribution is -0.128. The standard InChI is InChI=1S/C19H20N4OS2/c20-18-21-22-19(26-18)25-14-17(24)23(13-16-9-5-2-6-10-16)12-11-15-7-3-1-4-8-15/h1-10H,11-14H2,(H2,20,21). The third-order valence-corrected chi connectivity index (χ3v) is 5.69. The van der Waals surface area contributed by atoms with E-state index in [2.05, 4.69) is 22.3 Å². The molecule has 3 aromatic rings. The van der Waals surface area contributed by atoms with Gasteiger partial charge in [0.05, 0.1) is 5.75 Å². The van der Waals surface area contributed by atoms with E-state index < -0.39 is 0 Å². The summed E-state index contributed by atoms with van der Waals surface area (Å²) < 4.78 is 0.721. The Morgan fingerprint density at radius 1 is 1.00 bits per heavy atom. The van der Waals surface area contributed by atoms with E-state index in [0.717, 1.165) is 16.3 Å². The molecule has 0 saturated heterocycles. The lowest BCUT2D eigenvalue weighted by Gasteiger charge is -2.23. The third kappa shape index (κ3) is 5.57. The van der Waals surface area contributed by atoms with E-state index >= 15 is 0 Å². The molecule has 0 fully saturated rings. The van der Waals surface area contributed by atoms with Crippen molar-refractivity contribution in [3.8, 4) is 0 Å². The van der Waals surface area contributed by atoms with Crippen LogP contribution in [0, 0.1) is 0 Å². The van der Waals surface area contributed by atoms with Gasteiger partial charge in [-0.25, -0.2) is 0 Å². The monoisotopic (exact) mass is 384 g/mol. The Hall–Kier alpha value is -2.38. The Labute approximate surface area is 161 Å². The minimum absolute atomic E-state index is 0.0866. The van der Waals surface area contributed by atoms with Gasteiger partial charge in [0, 0.05) is 13.1 Å². The average Bonchev–Trinajstić information content (AvgIpc) is 3.10. The number of anilines is 1.